The smallest absolute Gasteiger partial charge is 0.242 e. The first-order valence-corrected chi connectivity index (χ1v) is 10.1. The number of aromatic nitrogens is 4. The molecule has 9 heteroatoms. The average molecular weight is 425 g/mol. The second-order valence-electron chi connectivity index (χ2n) is 7.24. The molecular formula is C21H18ClFN6O. The van der Waals surface area contributed by atoms with Crippen molar-refractivity contribution in [2.45, 2.75) is 25.3 Å². The minimum atomic E-state index is -0.440. The van der Waals surface area contributed by atoms with Crippen molar-refractivity contribution < 1.29 is 9.18 Å². The molecule has 1 aliphatic rings. The molecule has 0 aliphatic carbocycles. The van der Waals surface area contributed by atoms with E-state index in [1.807, 2.05) is 12.1 Å². The molecule has 30 heavy (non-hydrogen) atoms. The average Bonchev–Trinajstić information content (AvgIpc) is 3.09. The maximum Gasteiger partial charge on any atom is 0.242 e. The Kier molecular flexibility index (Phi) is 4.71. The third-order valence-corrected chi connectivity index (χ3v) is 5.48. The highest BCUT2D eigenvalue weighted by molar-refractivity contribution is 6.35. The van der Waals surface area contributed by atoms with Crippen LogP contribution in [0.25, 0.3) is 27.9 Å². The number of hydrogen-bond donors (Lipinski definition) is 2. The number of amides is 1. The standard InChI is InChI=1S/C21H18ClFN6O/c22-15-8-4-7-14-17(15)26-21(25-16-9-1-2-10-24-20(16)30)29-19(14)27-18(28-29)12-5-3-6-13(23)11-12/h3-8,11,16H,1-2,9-10H2,(H,24,30)(H,25,26)/t16-/m1/s1. The van der Waals surface area contributed by atoms with Gasteiger partial charge in [-0.05, 0) is 43.5 Å². The maximum absolute atomic E-state index is 13.7. The molecule has 2 aromatic heterocycles. The summed E-state index contributed by atoms with van der Waals surface area (Å²) >= 11 is 6.39. The largest absolute Gasteiger partial charge is 0.354 e. The van der Waals surface area contributed by atoms with Crippen molar-refractivity contribution in [1.82, 2.24) is 24.9 Å². The highest BCUT2D eigenvalue weighted by atomic mass is 35.5. The van der Waals surface area contributed by atoms with Crippen LogP contribution in [0.5, 0.6) is 0 Å². The summed E-state index contributed by atoms with van der Waals surface area (Å²) in [5.41, 5.74) is 1.63. The third kappa shape index (κ3) is 3.33. The Balaban J connectivity index is 1.69. The lowest BCUT2D eigenvalue weighted by Gasteiger charge is -2.17. The summed E-state index contributed by atoms with van der Waals surface area (Å²) in [7, 11) is 0. The van der Waals surface area contributed by atoms with Crippen molar-refractivity contribution in [2.24, 2.45) is 0 Å². The summed E-state index contributed by atoms with van der Waals surface area (Å²) in [5, 5.41) is 11.9. The van der Waals surface area contributed by atoms with Crippen LogP contribution in [0.15, 0.2) is 42.5 Å². The van der Waals surface area contributed by atoms with Crippen LogP contribution in [-0.4, -0.2) is 38.1 Å². The first-order chi connectivity index (χ1) is 14.6. The molecule has 2 aromatic carbocycles. The Morgan fingerprint density at radius 2 is 2.03 bits per heavy atom. The van der Waals surface area contributed by atoms with Gasteiger partial charge in [0.25, 0.3) is 0 Å². The Hall–Kier alpha value is -3.26. The Labute approximate surface area is 176 Å². The van der Waals surface area contributed by atoms with Gasteiger partial charge in [0.2, 0.25) is 11.9 Å². The second-order valence-corrected chi connectivity index (χ2v) is 7.64. The van der Waals surface area contributed by atoms with E-state index < -0.39 is 6.04 Å². The van der Waals surface area contributed by atoms with Crippen molar-refractivity contribution in [2.75, 3.05) is 11.9 Å². The lowest BCUT2D eigenvalue weighted by Crippen LogP contribution is -2.38. The van der Waals surface area contributed by atoms with Crippen molar-refractivity contribution in [3.63, 3.8) is 0 Å². The number of benzene rings is 2. The van der Waals surface area contributed by atoms with Crippen LogP contribution in [0.3, 0.4) is 0 Å². The molecule has 0 bridgehead atoms. The van der Waals surface area contributed by atoms with Gasteiger partial charge in [0.15, 0.2) is 11.5 Å². The van der Waals surface area contributed by atoms with E-state index >= 15 is 0 Å². The summed E-state index contributed by atoms with van der Waals surface area (Å²) in [4.78, 5) is 21.7. The number of carbonyl (C=O) groups is 1. The Morgan fingerprint density at radius 3 is 2.90 bits per heavy atom. The molecule has 0 radical (unpaired) electrons. The van der Waals surface area contributed by atoms with E-state index in [1.165, 1.54) is 12.1 Å². The summed E-state index contributed by atoms with van der Waals surface area (Å²) < 4.78 is 15.3. The van der Waals surface area contributed by atoms with Gasteiger partial charge in [-0.25, -0.2) is 14.4 Å². The number of anilines is 1. The third-order valence-electron chi connectivity index (χ3n) is 5.17. The highest BCUT2D eigenvalue weighted by Crippen LogP contribution is 2.29. The minimum Gasteiger partial charge on any atom is -0.354 e. The van der Waals surface area contributed by atoms with Crippen molar-refractivity contribution >= 4 is 40.0 Å². The van der Waals surface area contributed by atoms with Crippen LogP contribution < -0.4 is 10.6 Å². The molecule has 1 aliphatic heterocycles. The first-order valence-electron chi connectivity index (χ1n) is 9.75. The Morgan fingerprint density at radius 1 is 1.17 bits per heavy atom. The zero-order valence-corrected chi connectivity index (χ0v) is 16.7. The fraction of sp³-hybridized carbons (Fsp3) is 0.238. The van der Waals surface area contributed by atoms with Gasteiger partial charge >= 0.3 is 0 Å². The van der Waals surface area contributed by atoms with E-state index in [0.29, 0.717) is 51.9 Å². The molecular weight excluding hydrogens is 407 g/mol. The van der Waals surface area contributed by atoms with Gasteiger partial charge in [0, 0.05) is 17.5 Å². The predicted molar refractivity (Wildman–Crippen MR) is 113 cm³/mol. The molecule has 0 spiro atoms. The molecule has 0 unspecified atom stereocenters. The van der Waals surface area contributed by atoms with E-state index in [-0.39, 0.29) is 11.7 Å². The number of nitrogens with zero attached hydrogens (tertiary/aromatic N) is 4. The lowest BCUT2D eigenvalue weighted by atomic mass is 10.1. The van der Waals surface area contributed by atoms with E-state index in [2.05, 4.69) is 25.7 Å². The molecule has 0 saturated carbocycles. The quantitative estimate of drug-likeness (QED) is 0.522. The van der Waals surface area contributed by atoms with Crippen molar-refractivity contribution in [3.8, 4) is 11.4 Å². The molecule has 152 valence electrons. The second kappa shape index (κ2) is 7.53. The van der Waals surface area contributed by atoms with Crippen LogP contribution in [0.2, 0.25) is 5.02 Å². The first kappa shape index (κ1) is 18.7. The molecule has 2 N–H and O–H groups in total. The molecule has 3 heterocycles. The molecule has 7 nitrogen and oxygen atoms in total. The summed E-state index contributed by atoms with van der Waals surface area (Å²) in [5.74, 6) is 0.276. The molecule has 5 rings (SSSR count). The maximum atomic E-state index is 13.7. The van der Waals surface area contributed by atoms with Gasteiger partial charge in [-0.1, -0.05) is 29.8 Å². The van der Waals surface area contributed by atoms with E-state index in [1.54, 1.807) is 22.7 Å². The number of halogens is 2. The fourth-order valence-electron chi connectivity index (χ4n) is 3.67. The molecule has 1 saturated heterocycles. The minimum absolute atomic E-state index is 0.0767. The van der Waals surface area contributed by atoms with Gasteiger partial charge in [-0.3, -0.25) is 4.79 Å². The van der Waals surface area contributed by atoms with Crippen LogP contribution in [0.4, 0.5) is 10.3 Å². The number of rotatable bonds is 3. The number of fused-ring (bicyclic) bond motifs is 3. The molecule has 4 aromatic rings. The summed E-state index contributed by atoms with van der Waals surface area (Å²) in [6.45, 7) is 0.663. The molecule has 1 fully saturated rings. The van der Waals surface area contributed by atoms with Gasteiger partial charge in [-0.2, -0.15) is 4.52 Å². The van der Waals surface area contributed by atoms with Gasteiger partial charge < -0.3 is 10.6 Å². The predicted octanol–water partition coefficient (Wildman–Crippen LogP) is 3.82. The Bertz CT molecular complexity index is 1270. The number of carbonyl (C=O) groups excluding carboxylic acids is 1. The summed E-state index contributed by atoms with van der Waals surface area (Å²) in [6, 6.07) is 11.1. The zero-order chi connectivity index (χ0) is 20.7. The summed E-state index contributed by atoms with van der Waals surface area (Å²) in [6.07, 6.45) is 2.53. The molecule has 1 atom stereocenters. The van der Waals surface area contributed by atoms with Crippen molar-refractivity contribution in [1.29, 1.82) is 0 Å². The van der Waals surface area contributed by atoms with Crippen LogP contribution in [-0.2, 0) is 4.79 Å². The zero-order valence-electron chi connectivity index (χ0n) is 15.9. The molecule has 1 amide bonds. The number of nitrogens with one attached hydrogen (secondary N) is 2. The van der Waals surface area contributed by atoms with Crippen molar-refractivity contribution in [3.05, 3.63) is 53.3 Å². The van der Waals surface area contributed by atoms with Gasteiger partial charge in [0.05, 0.1) is 10.5 Å². The fourth-order valence-corrected chi connectivity index (χ4v) is 3.89. The van der Waals surface area contributed by atoms with Crippen LogP contribution in [0, 0.1) is 5.82 Å². The van der Waals surface area contributed by atoms with Crippen LogP contribution >= 0.6 is 11.6 Å². The number of para-hydroxylation sites is 1. The normalized spacial score (nSPS) is 17.1. The number of hydrogen-bond acceptors (Lipinski definition) is 5. The topological polar surface area (TPSA) is 84.2 Å². The van der Waals surface area contributed by atoms with E-state index in [9.17, 15) is 9.18 Å². The SMILES string of the molecule is O=C1NCCCC[C@H]1Nc1nc2c(Cl)cccc2c2nc(-c3cccc(F)c3)nn12. The lowest BCUT2D eigenvalue weighted by molar-refractivity contribution is -0.121. The monoisotopic (exact) mass is 424 g/mol. The van der Waals surface area contributed by atoms with Crippen LogP contribution in [0.1, 0.15) is 19.3 Å². The van der Waals surface area contributed by atoms with Gasteiger partial charge in [-0.15, -0.1) is 5.10 Å². The van der Waals surface area contributed by atoms with Gasteiger partial charge in [0.1, 0.15) is 11.9 Å². The highest BCUT2D eigenvalue weighted by Gasteiger charge is 2.24. The van der Waals surface area contributed by atoms with E-state index in [4.69, 9.17) is 11.6 Å². The van der Waals surface area contributed by atoms with E-state index in [0.717, 1.165) is 12.8 Å².